The van der Waals surface area contributed by atoms with Crippen molar-refractivity contribution in [1.82, 2.24) is 4.72 Å². The number of nitrogens with zero attached hydrogens (tertiary/aromatic N) is 1. The quantitative estimate of drug-likeness (QED) is 0.720. The monoisotopic (exact) mass is 401 g/mol. The molecule has 2 aromatic rings. The summed E-state index contributed by atoms with van der Waals surface area (Å²) in [7, 11) is -3.83. The zero-order valence-corrected chi connectivity index (χ0v) is 17.5. The molecule has 0 radical (unpaired) electrons. The van der Waals surface area contributed by atoms with E-state index in [4.69, 9.17) is 10.6 Å². The van der Waals surface area contributed by atoms with Crippen molar-refractivity contribution < 1.29 is 13.3 Å². The number of nitrogen functional groups attached to an aromatic ring is 1. The first kappa shape index (κ1) is 20.4. The van der Waals surface area contributed by atoms with Gasteiger partial charge in [-0.2, -0.15) is 4.72 Å². The molecule has 0 aromatic heterocycles. The Bertz CT molecular complexity index is 1000. The van der Waals surface area contributed by atoms with E-state index in [-0.39, 0.29) is 10.8 Å². The average Bonchev–Trinajstić information content (AvgIpc) is 2.93. The van der Waals surface area contributed by atoms with Crippen molar-refractivity contribution in [3.05, 3.63) is 48.0 Å². The first-order valence-electron chi connectivity index (χ1n) is 9.39. The van der Waals surface area contributed by atoms with E-state index in [1.807, 2.05) is 32.0 Å². The molecule has 7 heteroatoms. The standard InChI is InChI=1S/C21H27N3O3S/c1-13(2)11-16-9-10-17(19(22)12-16)18-7-5-6-8-20(18)28(25,26)24-21-14(3)15(4)23-27-21/h5-10,12-14,21,24H,11,22H2,1-4H3. The highest BCUT2D eigenvalue weighted by atomic mass is 32.2. The third kappa shape index (κ3) is 4.20. The smallest absolute Gasteiger partial charge is 0.244 e. The van der Waals surface area contributed by atoms with Crippen LogP contribution in [-0.4, -0.2) is 20.4 Å². The van der Waals surface area contributed by atoms with Crippen LogP contribution in [0.2, 0.25) is 0 Å². The van der Waals surface area contributed by atoms with E-state index in [1.165, 1.54) is 0 Å². The van der Waals surface area contributed by atoms with Gasteiger partial charge < -0.3 is 10.6 Å². The summed E-state index contributed by atoms with van der Waals surface area (Å²) in [5, 5.41) is 3.87. The number of oxime groups is 1. The van der Waals surface area contributed by atoms with Crippen LogP contribution in [0.3, 0.4) is 0 Å². The summed E-state index contributed by atoms with van der Waals surface area (Å²) in [5.41, 5.74) is 10.00. The van der Waals surface area contributed by atoms with Crippen molar-refractivity contribution in [2.24, 2.45) is 17.0 Å². The van der Waals surface area contributed by atoms with Crippen molar-refractivity contribution in [3.63, 3.8) is 0 Å². The zero-order valence-electron chi connectivity index (χ0n) is 16.6. The van der Waals surface area contributed by atoms with E-state index < -0.39 is 16.3 Å². The molecule has 28 heavy (non-hydrogen) atoms. The zero-order chi connectivity index (χ0) is 20.5. The van der Waals surface area contributed by atoms with Gasteiger partial charge in [0.25, 0.3) is 0 Å². The summed E-state index contributed by atoms with van der Waals surface area (Å²) in [6.45, 7) is 7.98. The van der Waals surface area contributed by atoms with E-state index in [0.29, 0.717) is 22.7 Å². The summed E-state index contributed by atoms with van der Waals surface area (Å²) in [6, 6.07) is 12.7. The van der Waals surface area contributed by atoms with Gasteiger partial charge in [-0.05, 0) is 37.0 Å². The lowest BCUT2D eigenvalue weighted by molar-refractivity contribution is 0.0576. The predicted molar refractivity (Wildman–Crippen MR) is 112 cm³/mol. The van der Waals surface area contributed by atoms with Gasteiger partial charge >= 0.3 is 0 Å². The van der Waals surface area contributed by atoms with E-state index in [2.05, 4.69) is 23.7 Å². The third-order valence-electron chi connectivity index (χ3n) is 4.92. The Balaban J connectivity index is 1.95. The van der Waals surface area contributed by atoms with E-state index >= 15 is 0 Å². The number of hydrogen-bond acceptors (Lipinski definition) is 5. The Labute approximate surface area is 166 Å². The molecule has 0 fully saturated rings. The molecule has 2 unspecified atom stereocenters. The summed E-state index contributed by atoms with van der Waals surface area (Å²) < 4.78 is 28.8. The normalized spacial score (nSPS) is 19.5. The maximum Gasteiger partial charge on any atom is 0.244 e. The maximum atomic E-state index is 13.1. The Morgan fingerprint density at radius 2 is 1.89 bits per heavy atom. The number of benzene rings is 2. The second-order valence-corrected chi connectivity index (χ2v) is 9.37. The molecule has 150 valence electrons. The van der Waals surface area contributed by atoms with Crippen LogP contribution in [0.5, 0.6) is 0 Å². The molecule has 0 amide bonds. The van der Waals surface area contributed by atoms with Gasteiger partial charge in [0, 0.05) is 16.8 Å². The van der Waals surface area contributed by atoms with Crippen molar-refractivity contribution in [3.8, 4) is 11.1 Å². The minimum Gasteiger partial charge on any atom is -0.398 e. The molecule has 0 bridgehead atoms. The Morgan fingerprint density at radius 3 is 2.50 bits per heavy atom. The number of nitrogens with one attached hydrogen (secondary N) is 1. The number of sulfonamides is 1. The molecule has 2 atom stereocenters. The molecule has 0 saturated carbocycles. The Kier molecular flexibility index (Phi) is 5.76. The molecule has 6 nitrogen and oxygen atoms in total. The summed E-state index contributed by atoms with van der Waals surface area (Å²) >= 11 is 0. The molecule has 0 aliphatic carbocycles. The molecule has 0 spiro atoms. The molecule has 2 aromatic carbocycles. The van der Waals surface area contributed by atoms with Crippen molar-refractivity contribution >= 4 is 21.4 Å². The number of nitrogens with two attached hydrogens (primary N) is 1. The van der Waals surface area contributed by atoms with Crippen LogP contribution < -0.4 is 10.5 Å². The van der Waals surface area contributed by atoms with Crippen molar-refractivity contribution in [1.29, 1.82) is 0 Å². The highest BCUT2D eigenvalue weighted by Crippen LogP contribution is 2.33. The van der Waals surface area contributed by atoms with E-state index in [9.17, 15) is 8.42 Å². The third-order valence-corrected chi connectivity index (χ3v) is 6.40. The van der Waals surface area contributed by atoms with Crippen LogP contribution in [0.25, 0.3) is 11.1 Å². The van der Waals surface area contributed by atoms with Gasteiger partial charge in [-0.25, -0.2) is 8.42 Å². The fourth-order valence-electron chi connectivity index (χ4n) is 3.25. The molecule has 3 rings (SSSR count). The van der Waals surface area contributed by atoms with Gasteiger partial charge in [-0.15, -0.1) is 0 Å². The maximum absolute atomic E-state index is 13.1. The number of hydrogen-bond donors (Lipinski definition) is 2. The summed E-state index contributed by atoms with van der Waals surface area (Å²) in [5.74, 6) is 0.378. The minimum absolute atomic E-state index is 0.137. The highest BCUT2D eigenvalue weighted by molar-refractivity contribution is 7.89. The molecular formula is C21H27N3O3S. The number of rotatable bonds is 6. The van der Waals surface area contributed by atoms with Gasteiger partial charge in [0.1, 0.15) is 0 Å². The van der Waals surface area contributed by atoms with Gasteiger partial charge in [0.15, 0.2) is 6.23 Å². The summed E-state index contributed by atoms with van der Waals surface area (Å²) in [4.78, 5) is 5.40. The molecular weight excluding hydrogens is 374 g/mol. The molecule has 3 N–H and O–H groups in total. The number of anilines is 1. The lowest BCUT2D eigenvalue weighted by Gasteiger charge is -2.18. The van der Waals surface area contributed by atoms with Crippen LogP contribution >= 0.6 is 0 Å². The van der Waals surface area contributed by atoms with Crippen LogP contribution in [0, 0.1) is 11.8 Å². The Morgan fingerprint density at radius 1 is 1.18 bits per heavy atom. The molecule has 0 saturated heterocycles. The minimum atomic E-state index is -3.83. The average molecular weight is 402 g/mol. The first-order chi connectivity index (χ1) is 13.2. The van der Waals surface area contributed by atoms with Gasteiger partial charge in [0.2, 0.25) is 10.0 Å². The van der Waals surface area contributed by atoms with Crippen molar-refractivity contribution in [2.75, 3.05) is 5.73 Å². The predicted octanol–water partition coefficient (Wildman–Crippen LogP) is 3.78. The van der Waals surface area contributed by atoms with Crippen LogP contribution in [-0.2, 0) is 21.3 Å². The van der Waals surface area contributed by atoms with Crippen molar-refractivity contribution in [2.45, 2.75) is 45.2 Å². The summed E-state index contributed by atoms with van der Waals surface area (Å²) in [6.07, 6.45) is 0.200. The molecule has 1 heterocycles. The molecule has 1 aliphatic heterocycles. The second kappa shape index (κ2) is 7.93. The van der Waals surface area contributed by atoms with Crippen LogP contribution in [0.1, 0.15) is 33.3 Å². The van der Waals surface area contributed by atoms with Gasteiger partial charge in [0.05, 0.1) is 16.5 Å². The topological polar surface area (TPSA) is 93.8 Å². The van der Waals surface area contributed by atoms with E-state index in [1.54, 1.807) is 24.3 Å². The fraction of sp³-hybridized carbons (Fsp3) is 0.381. The highest BCUT2D eigenvalue weighted by Gasteiger charge is 2.33. The van der Waals surface area contributed by atoms with Gasteiger partial charge in [-0.3, -0.25) is 0 Å². The first-order valence-corrected chi connectivity index (χ1v) is 10.9. The van der Waals surface area contributed by atoms with Gasteiger partial charge in [-0.1, -0.05) is 56.3 Å². The van der Waals surface area contributed by atoms with Crippen LogP contribution in [0.15, 0.2) is 52.5 Å². The molecule has 1 aliphatic rings. The lowest BCUT2D eigenvalue weighted by Crippen LogP contribution is -2.39. The Hall–Kier alpha value is -2.38. The SMILES string of the molecule is CC1=NOC(NS(=O)(=O)c2ccccc2-c2ccc(CC(C)C)cc2N)C1C. The second-order valence-electron chi connectivity index (χ2n) is 7.68. The largest absolute Gasteiger partial charge is 0.398 e. The fourth-order valence-corrected chi connectivity index (χ4v) is 4.66. The van der Waals surface area contributed by atoms with E-state index in [0.717, 1.165) is 17.7 Å². The lowest BCUT2D eigenvalue weighted by atomic mass is 9.97. The van der Waals surface area contributed by atoms with Crippen LogP contribution in [0.4, 0.5) is 5.69 Å².